The van der Waals surface area contributed by atoms with Crippen LogP contribution < -0.4 is 10.2 Å². The van der Waals surface area contributed by atoms with Crippen molar-refractivity contribution in [3.8, 4) is 0 Å². The molecule has 2 amide bonds. The number of nitrogens with zero attached hydrogens (tertiary/aromatic N) is 1. The number of esters is 1. The van der Waals surface area contributed by atoms with E-state index in [1.54, 1.807) is 0 Å². The molecule has 5 nitrogen and oxygen atoms in total. The summed E-state index contributed by atoms with van der Waals surface area (Å²) in [4.78, 5) is 23.8. The molecule has 0 radical (unpaired) electrons. The van der Waals surface area contributed by atoms with Crippen molar-refractivity contribution in [2.24, 2.45) is 0 Å². The van der Waals surface area contributed by atoms with Gasteiger partial charge in [-0.2, -0.15) is 0 Å². The van der Waals surface area contributed by atoms with Gasteiger partial charge >= 0.3 is 12.0 Å². The Morgan fingerprint density at radius 1 is 1.53 bits per heavy atom. The van der Waals surface area contributed by atoms with Crippen LogP contribution in [0.5, 0.6) is 0 Å². The van der Waals surface area contributed by atoms with Crippen molar-refractivity contribution in [1.29, 1.82) is 0 Å². The summed E-state index contributed by atoms with van der Waals surface area (Å²) >= 11 is 0. The first-order chi connectivity index (χ1) is 8.13. The predicted octanol–water partition coefficient (Wildman–Crippen LogP) is 1.14. The Bertz CT molecular complexity index is 476. The summed E-state index contributed by atoms with van der Waals surface area (Å²) in [6.45, 7) is 0.893. The third-order valence-corrected chi connectivity index (χ3v) is 2.52. The molecule has 1 saturated heterocycles. The Balaban J connectivity index is 2.31. The predicted molar refractivity (Wildman–Crippen MR) is 58.5 cm³/mol. The summed E-state index contributed by atoms with van der Waals surface area (Å²) in [5.41, 5.74) is 0.279. The molecule has 1 heterocycles. The molecule has 1 aromatic rings. The molecule has 0 bridgehead atoms. The number of hydrogen-bond acceptors (Lipinski definition) is 3. The number of urea groups is 1. The Hall–Kier alpha value is -2.11. The third kappa shape index (κ3) is 2.06. The molecule has 2 rings (SSSR count). The number of carbonyl (C=O) groups excluding carboxylic acids is 2. The maximum atomic E-state index is 13.7. The number of benzene rings is 1. The molecule has 0 aliphatic carbocycles. The monoisotopic (exact) mass is 238 g/mol. The smallest absolute Gasteiger partial charge is 0.337 e. The molecule has 0 aromatic heterocycles. The summed E-state index contributed by atoms with van der Waals surface area (Å²) in [6.07, 6.45) is 0. The summed E-state index contributed by atoms with van der Waals surface area (Å²) < 4.78 is 18.2. The second-order valence-corrected chi connectivity index (χ2v) is 3.54. The van der Waals surface area contributed by atoms with E-state index in [1.807, 2.05) is 0 Å². The zero-order valence-electron chi connectivity index (χ0n) is 9.20. The highest BCUT2D eigenvalue weighted by molar-refractivity contribution is 5.95. The zero-order valence-corrected chi connectivity index (χ0v) is 9.20. The number of carbonyl (C=O) groups is 2. The van der Waals surface area contributed by atoms with Gasteiger partial charge in [0, 0.05) is 13.1 Å². The molecule has 0 unspecified atom stereocenters. The number of amides is 2. The van der Waals surface area contributed by atoms with Gasteiger partial charge in [0.05, 0.1) is 18.4 Å². The fraction of sp³-hybridized carbons (Fsp3) is 0.273. The van der Waals surface area contributed by atoms with Crippen molar-refractivity contribution in [3.63, 3.8) is 0 Å². The fourth-order valence-corrected chi connectivity index (χ4v) is 1.67. The molecular formula is C11H11FN2O3. The molecule has 0 saturated carbocycles. The number of rotatable bonds is 2. The number of ether oxygens (including phenoxy) is 1. The van der Waals surface area contributed by atoms with E-state index in [-0.39, 0.29) is 17.3 Å². The van der Waals surface area contributed by atoms with E-state index in [4.69, 9.17) is 0 Å². The van der Waals surface area contributed by atoms with Crippen LogP contribution in [0.2, 0.25) is 0 Å². The highest BCUT2D eigenvalue weighted by Crippen LogP contribution is 2.22. The topological polar surface area (TPSA) is 58.6 Å². The van der Waals surface area contributed by atoms with Crippen LogP contribution >= 0.6 is 0 Å². The van der Waals surface area contributed by atoms with Gasteiger partial charge in [-0.05, 0) is 18.2 Å². The standard InChI is InChI=1S/C11H11FN2O3/c1-17-10(15)7-2-3-9(8(12)6-7)14-5-4-13-11(14)16/h2-3,6H,4-5H2,1H3,(H,13,16). The van der Waals surface area contributed by atoms with E-state index >= 15 is 0 Å². The summed E-state index contributed by atoms with van der Waals surface area (Å²) in [5, 5.41) is 2.57. The number of hydrogen-bond donors (Lipinski definition) is 1. The van der Waals surface area contributed by atoms with Gasteiger partial charge in [0.2, 0.25) is 0 Å². The van der Waals surface area contributed by atoms with Crippen molar-refractivity contribution in [2.75, 3.05) is 25.1 Å². The first-order valence-corrected chi connectivity index (χ1v) is 5.06. The van der Waals surface area contributed by atoms with E-state index in [2.05, 4.69) is 10.1 Å². The van der Waals surface area contributed by atoms with Gasteiger partial charge in [0.25, 0.3) is 0 Å². The van der Waals surface area contributed by atoms with Gasteiger partial charge in [-0.25, -0.2) is 14.0 Å². The van der Waals surface area contributed by atoms with Gasteiger partial charge in [-0.15, -0.1) is 0 Å². The Morgan fingerprint density at radius 2 is 2.29 bits per heavy atom. The van der Waals surface area contributed by atoms with Crippen LogP contribution in [0.3, 0.4) is 0 Å². The lowest BCUT2D eigenvalue weighted by atomic mass is 10.2. The molecule has 0 spiro atoms. The Labute approximate surface area is 97.2 Å². The summed E-state index contributed by atoms with van der Waals surface area (Å²) in [5.74, 6) is -1.23. The second-order valence-electron chi connectivity index (χ2n) is 3.54. The normalized spacial score (nSPS) is 14.7. The maximum absolute atomic E-state index is 13.7. The van der Waals surface area contributed by atoms with Gasteiger partial charge in [-0.1, -0.05) is 0 Å². The van der Waals surface area contributed by atoms with Crippen LogP contribution in [-0.2, 0) is 4.74 Å². The molecule has 1 aromatic carbocycles. The average molecular weight is 238 g/mol. The second kappa shape index (κ2) is 4.40. The quantitative estimate of drug-likeness (QED) is 0.786. The van der Waals surface area contributed by atoms with Crippen molar-refractivity contribution >= 4 is 17.7 Å². The van der Waals surface area contributed by atoms with Crippen LogP contribution in [0, 0.1) is 5.82 Å². The van der Waals surface area contributed by atoms with E-state index in [9.17, 15) is 14.0 Å². The minimum Gasteiger partial charge on any atom is -0.465 e. The van der Waals surface area contributed by atoms with Gasteiger partial charge in [0.15, 0.2) is 0 Å². The van der Waals surface area contributed by atoms with E-state index in [0.717, 1.165) is 6.07 Å². The highest BCUT2D eigenvalue weighted by atomic mass is 19.1. The molecule has 1 fully saturated rings. The third-order valence-electron chi connectivity index (χ3n) is 2.52. The molecule has 1 N–H and O–H groups in total. The van der Waals surface area contributed by atoms with Crippen LogP contribution in [-0.4, -0.2) is 32.2 Å². The molecule has 1 aliphatic heterocycles. The van der Waals surface area contributed by atoms with Gasteiger partial charge in [-0.3, -0.25) is 4.90 Å². The van der Waals surface area contributed by atoms with Crippen molar-refractivity contribution in [1.82, 2.24) is 5.32 Å². The summed E-state index contributed by atoms with van der Waals surface area (Å²) in [6, 6.07) is 3.55. The first-order valence-electron chi connectivity index (χ1n) is 5.06. The number of nitrogens with one attached hydrogen (secondary N) is 1. The zero-order chi connectivity index (χ0) is 12.4. The molecule has 6 heteroatoms. The summed E-state index contributed by atoms with van der Waals surface area (Å²) in [7, 11) is 1.22. The maximum Gasteiger partial charge on any atom is 0.337 e. The molecule has 1 aliphatic rings. The highest BCUT2D eigenvalue weighted by Gasteiger charge is 2.24. The Kier molecular flexibility index (Phi) is 2.95. The number of methoxy groups -OCH3 is 1. The lowest BCUT2D eigenvalue weighted by Crippen LogP contribution is -2.28. The van der Waals surface area contributed by atoms with E-state index in [0.29, 0.717) is 13.1 Å². The van der Waals surface area contributed by atoms with Gasteiger partial charge in [0.1, 0.15) is 5.82 Å². The van der Waals surface area contributed by atoms with Gasteiger partial charge < -0.3 is 10.1 Å². The average Bonchev–Trinajstić information content (AvgIpc) is 2.74. The minimum absolute atomic E-state index is 0.119. The van der Waals surface area contributed by atoms with Crippen LogP contribution in [0.1, 0.15) is 10.4 Å². The largest absolute Gasteiger partial charge is 0.465 e. The van der Waals surface area contributed by atoms with E-state index < -0.39 is 11.8 Å². The first kappa shape index (κ1) is 11.4. The minimum atomic E-state index is -0.620. The molecule has 17 heavy (non-hydrogen) atoms. The molecular weight excluding hydrogens is 227 g/mol. The van der Waals surface area contributed by atoms with Crippen molar-refractivity contribution in [2.45, 2.75) is 0 Å². The van der Waals surface area contributed by atoms with Crippen LogP contribution in [0.4, 0.5) is 14.9 Å². The van der Waals surface area contributed by atoms with Crippen LogP contribution in [0.15, 0.2) is 18.2 Å². The lowest BCUT2D eigenvalue weighted by molar-refractivity contribution is 0.0600. The van der Waals surface area contributed by atoms with Crippen molar-refractivity contribution in [3.05, 3.63) is 29.6 Å². The molecule has 90 valence electrons. The number of halogens is 1. The number of anilines is 1. The van der Waals surface area contributed by atoms with Crippen molar-refractivity contribution < 1.29 is 18.7 Å². The SMILES string of the molecule is COC(=O)c1ccc(N2CCNC2=O)c(F)c1. The van der Waals surface area contributed by atoms with Crippen LogP contribution in [0.25, 0.3) is 0 Å². The fourth-order valence-electron chi connectivity index (χ4n) is 1.67. The van der Waals surface area contributed by atoms with E-state index in [1.165, 1.54) is 24.1 Å². The lowest BCUT2D eigenvalue weighted by Gasteiger charge is -2.15. The Morgan fingerprint density at radius 3 is 2.82 bits per heavy atom. The molecule has 0 atom stereocenters.